The van der Waals surface area contributed by atoms with E-state index in [1.54, 1.807) is 28.6 Å². The standard InChI is InChI=1S/C15H21ClN2O4S2/c1-23(19,20)18-14-6-7-15(18)9-13(8-14)17-24(21,22)10-11-2-4-12(16)5-3-11/h2-5,13-15,17H,6-10H2,1H3. The van der Waals surface area contributed by atoms with Crippen molar-refractivity contribution in [3.8, 4) is 0 Å². The van der Waals surface area contributed by atoms with Gasteiger partial charge in [0.05, 0.1) is 12.0 Å². The first-order chi connectivity index (χ1) is 11.1. The molecule has 6 nitrogen and oxygen atoms in total. The van der Waals surface area contributed by atoms with Crippen LogP contribution in [-0.2, 0) is 25.8 Å². The highest BCUT2D eigenvalue weighted by atomic mass is 35.5. The maximum absolute atomic E-state index is 12.4. The average molecular weight is 393 g/mol. The van der Waals surface area contributed by atoms with Gasteiger partial charge in [0.15, 0.2) is 0 Å². The zero-order valence-electron chi connectivity index (χ0n) is 13.4. The van der Waals surface area contributed by atoms with E-state index in [-0.39, 0.29) is 23.9 Å². The Kier molecular flexibility index (Phi) is 4.96. The first-order valence-corrected chi connectivity index (χ1v) is 11.7. The lowest BCUT2D eigenvalue weighted by Gasteiger charge is -2.37. The Bertz CT molecular complexity index is 794. The minimum Gasteiger partial charge on any atom is -0.212 e. The summed E-state index contributed by atoms with van der Waals surface area (Å²) in [6, 6.07) is 6.31. The van der Waals surface area contributed by atoms with Crippen molar-refractivity contribution in [2.24, 2.45) is 0 Å². The van der Waals surface area contributed by atoms with Crippen molar-refractivity contribution in [2.45, 2.75) is 49.6 Å². The van der Waals surface area contributed by atoms with Gasteiger partial charge in [-0.2, -0.15) is 4.31 Å². The molecule has 2 aliphatic rings. The van der Waals surface area contributed by atoms with Gasteiger partial charge in [-0.15, -0.1) is 0 Å². The minimum atomic E-state index is -3.48. The van der Waals surface area contributed by atoms with Gasteiger partial charge >= 0.3 is 0 Å². The molecule has 2 fully saturated rings. The summed E-state index contributed by atoms with van der Waals surface area (Å²) in [4.78, 5) is 0. The molecule has 2 heterocycles. The molecule has 2 atom stereocenters. The molecule has 1 N–H and O–H groups in total. The van der Waals surface area contributed by atoms with Crippen LogP contribution in [-0.4, -0.2) is 45.5 Å². The minimum absolute atomic E-state index is 0.0954. The van der Waals surface area contributed by atoms with Crippen LogP contribution in [0, 0.1) is 0 Å². The smallest absolute Gasteiger partial charge is 0.212 e. The van der Waals surface area contributed by atoms with Crippen LogP contribution in [0.2, 0.25) is 5.02 Å². The molecule has 3 rings (SSSR count). The number of hydrogen-bond donors (Lipinski definition) is 1. The summed E-state index contributed by atoms with van der Waals surface area (Å²) in [7, 11) is -6.72. The number of nitrogens with one attached hydrogen (secondary N) is 1. The van der Waals surface area contributed by atoms with Crippen LogP contribution in [0.4, 0.5) is 0 Å². The third-order valence-corrected chi connectivity index (χ3v) is 7.69. The van der Waals surface area contributed by atoms with Crippen LogP contribution in [0.25, 0.3) is 0 Å². The third-order valence-electron chi connectivity index (χ3n) is 4.67. The molecule has 9 heteroatoms. The molecule has 0 amide bonds. The lowest BCUT2D eigenvalue weighted by atomic mass is 10.0. The van der Waals surface area contributed by atoms with Crippen LogP contribution in [0.5, 0.6) is 0 Å². The first-order valence-electron chi connectivity index (χ1n) is 7.87. The second-order valence-electron chi connectivity index (χ2n) is 6.65. The Labute approximate surface area is 148 Å². The Morgan fingerprint density at radius 3 is 2.12 bits per heavy atom. The molecule has 1 aromatic rings. The Morgan fingerprint density at radius 2 is 1.62 bits per heavy atom. The summed E-state index contributed by atoms with van der Waals surface area (Å²) in [5.74, 6) is -0.105. The second-order valence-corrected chi connectivity index (χ2v) is 10.7. The quantitative estimate of drug-likeness (QED) is 0.826. The number of rotatable bonds is 5. The van der Waals surface area contributed by atoms with Gasteiger partial charge in [0.2, 0.25) is 20.0 Å². The van der Waals surface area contributed by atoms with E-state index in [2.05, 4.69) is 4.72 Å². The molecule has 134 valence electrons. The molecule has 0 saturated carbocycles. The highest BCUT2D eigenvalue weighted by Crippen LogP contribution is 2.37. The van der Waals surface area contributed by atoms with Crippen molar-refractivity contribution in [3.63, 3.8) is 0 Å². The highest BCUT2D eigenvalue weighted by Gasteiger charge is 2.45. The Hall–Kier alpha value is -0.670. The van der Waals surface area contributed by atoms with Gasteiger partial charge < -0.3 is 0 Å². The number of hydrogen-bond acceptors (Lipinski definition) is 4. The van der Waals surface area contributed by atoms with Gasteiger partial charge in [0, 0.05) is 23.1 Å². The second kappa shape index (κ2) is 6.57. The van der Waals surface area contributed by atoms with Gasteiger partial charge in [0.1, 0.15) is 0 Å². The van der Waals surface area contributed by atoms with Gasteiger partial charge in [-0.05, 0) is 43.4 Å². The van der Waals surface area contributed by atoms with Gasteiger partial charge in [0.25, 0.3) is 0 Å². The van der Waals surface area contributed by atoms with Crippen molar-refractivity contribution in [3.05, 3.63) is 34.9 Å². The predicted octanol–water partition coefficient (Wildman–Crippen LogP) is 1.71. The van der Waals surface area contributed by atoms with Gasteiger partial charge in [-0.1, -0.05) is 23.7 Å². The summed E-state index contributed by atoms with van der Waals surface area (Å²) in [6.07, 6.45) is 3.89. The summed E-state index contributed by atoms with van der Waals surface area (Å²) in [5.41, 5.74) is 0.670. The fraction of sp³-hybridized carbons (Fsp3) is 0.600. The van der Waals surface area contributed by atoms with E-state index >= 15 is 0 Å². The molecular formula is C15H21ClN2O4S2. The largest absolute Gasteiger partial charge is 0.216 e. The van der Waals surface area contributed by atoms with Crippen LogP contribution in [0.1, 0.15) is 31.2 Å². The van der Waals surface area contributed by atoms with Crippen molar-refractivity contribution in [1.82, 2.24) is 9.03 Å². The Morgan fingerprint density at radius 1 is 1.08 bits per heavy atom. The van der Waals surface area contributed by atoms with Crippen molar-refractivity contribution in [2.75, 3.05) is 6.26 Å². The predicted molar refractivity (Wildman–Crippen MR) is 93.7 cm³/mol. The number of sulfonamides is 2. The number of benzene rings is 1. The fourth-order valence-corrected chi connectivity index (χ4v) is 6.87. The molecule has 2 aliphatic heterocycles. The first kappa shape index (κ1) is 18.1. The molecule has 2 bridgehead atoms. The molecule has 0 aromatic heterocycles. The summed E-state index contributed by atoms with van der Waals surface area (Å²) < 4.78 is 52.9. The van der Waals surface area contributed by atoms with E-state index in [4.69, 9.17) is 11.6 Å². The summed E-state index contributed by atoms with van der Waals surface area (Å²) >= 11 is 5.81. The number of nitrogens with zero attached hydrogens (tertiary/aromatic N) is 1. The number of fused-ring (bicyclic) bond motifs is 2. The molecule has 2 unspecified atom stereocenters. The van der Waals surface area contributed by atoms with Crippen molar-refractivity contribution >= 4 is 31.6 Å². The average Bonchev–Trinajstić information content (AvgIpc) is 2.73. The van der Waals surface area contributed by atoms with Crippen LogP contribution in [0.15, 0.2) is 24.3 Å². The van der Waals surface area contributed by atoms with Crippen LogP contribution < -0.4 is 4.72 Å². The maximum atomic E-state index is 12.4. The van der Waals surface area contributed by atoms with Crippen LogP contribution >= 0.6 is 11.6 Å². The summed E-state index contributed by atoms with van der Waals surface area (Å²) in [5, 5.41) is 0.564. The van der Waals surface area contributed by atoms with E-state index in [1.165, 1.54) is 6.26 Å². The van der Waals surface area contributed by atoms with Crippen LogP contribution in [0.3, 0.4) is 0 Å². The van der Waals surface area contributed by atoms with Crippen molar-refractivity contribution < 1.29 is 16.8 Å². The number of piperidine rings is 1. The van der Waals surface area contributed by atoms with Crippen molar-refractivity contribution in [1.29, 1.82) is 0 Å². The van der Waals surface area contributed by atoms with E-state index in [1.807, 2.05) is 0 Å². The number of halogens is 1. The molecular weight excluding hydrogens is 372 g/mol. The normalized spacial score (nSPS) is 28.2. The zero-order chi connectivity index (χ0) is 17.5. The lowest BCUT2D eigenvalue weighted by molar-refractivity contribution is 0.221. The fourth-order valence-electron chi connectivity index (χ4n) is 3.87. The maximum Gasteiger partial charge on any atom is 0.216 e. The van der Waals surface area contributed by atoms with E-state index in [0.717, 1.165) is 12.8 Å². The lowest BCUT2D eigenvalue weighted by Crippen LogP contribution is -2.52. The molecule has 1 aromatic carbocycles. The summed E-state index contributed by atoms with van der Waals surface area (Å²) in [6.45, 7) is 0. The van der Waals surface area contributed by atoms with E-state index in [9.17, 15) is 16.8 Å². The van der Waals surface area contributed by atoms with E-state index in [0.29, 0.717) is 23.4 Å². The molecule has 0 aliphatic carbocycles. The zero-order valence-corrected chi connectivity index (χ0v) is 15.7. The SMILES string of the molecule is CS(=O)(=O)N1C2CCC1CC(NS(=O)(=O)Cc1ccc(Cl)cc1)C2. The highest BCUT2D eigenvalue weighted by molar-refractivity contribution is 7.88. The monoisotopic (exact) mass is 392 g/mol. The van der Waals surface area contributed by atoms with Gasteiger partial charge in [-0.3, -0.25) is 0 Å². The molecule has 2 saturated heterocycles. The third kappa shape index (κ3) is 4.11. The molecule has 0 spiro atoms. The molecule has 0 radical (unpaired) electrons. The van der Waals surface area contributed by atoms with E-state index < -0.39 is 20.0 Å². The molecule has 24 heavy (non-hydrogen) atoms. The topological polar surface area (TPSA) is 83.6 Å². The Balaban J connectivity index is 1.66. The van der Waals surface area contributed by atoms with Gasteiger partial charge in [-0.25, -0.2) is 21.6 Å².